The standard InChI is InChI=1S/C16H16N2O5/c1-22-14-7-10(3-5-12(14)19)9-17-18-16(21)11-4-6-13(20)15(8-11)23-2/h3-9,19-20H,1-2H3,(H,18,21)/b17-9-. The summed E-state index contributed by atoms with van der Waals surface area (Å²) in [6.07, 6.45) is 1.41. The highest BCUT2D eigenvalue weighted by Gasteiger charge is 2.09. The zero-order valence-corrected chi connectivity index (χ0v) is 12.6. The smallest absolute Gasteiger partial charge is 0.271 e. The van der Waals surface area contributed by atoms with Gasteiger partial charge >= 0.3 is 0 Å². The van der Waals surface area contributed by atoms with E-state index in [1.807, 2.05) is 0 Å². The van der Waals surface area contributed by atoms with Crippen molar-refractivity contribution in [2.75, 3.05) is 14.2 Å². The van der Waals surface area contributed by atoms with E-state index in [0.717, 1.165) is 0 Å². The van der Waals surface area contributed by atoms with Gasteiger partial charge in [-0.05, 0) is 42.0 Å². The van der Waals surface area contributed by atoms with Gasteiger partial charge in [0.2, 0.25) is 0 Å². The Bertz CT molecular complexity index is 743. The van der Waals surface area contributed by atoms with Crippen LogP contribution >= 0.6 is 0 Å². The van der Waals surface area contributed by atoms with E-state index in [0.29, 0.717) is 16.9 Å². The van der Waals surface area contributed by atoms with Crippen molar-refractivity contribution in [3.8, 4) is 23.0 Å². The van der Waals surface area contributed by atoms with E-state index in [-0.39, 0.29) is 17.2 Å². The minimum absolute atomic E-state index is 0.0184. The number of carbonyl (C=O) groups is 1. The minimum atomic E-state index is -0.453. The first-order valence-electron chi connectivity index (χ1n) is 6.62. The Morgan fingerprint density at radius 2 is 1.65 bits per heavy atom. The molecule has 23 heavy (non-hydrogen) atoms. The number of aromatic hydroxyl groups is 2. The van der Waals surface area contributed by atoms with Crippen molar-refractivity contribution in [1.29, 1.82) is 0 Å². The molecule has 0 aromatic heterocycles. The Hall–Kier alpha value is -3.22. The summed E-state index contributed by atoms with van der Waals surface area (Å²) in [5, 5.41) is 22.8. The van der Waals surface area contributed by atoms with Gasteiger partial charge in [0.25, 0.3) is 5.91 Å². The highest BCUT2D eigenvalue weighted by Crippen LogP contribution is 2.26. The maximum atomic E-state index is 12.0. The van der Waals surface area contributed by atoms with Crippen LogP contribution in [0.15, 0.2) is 41.5 Å². The largest absolute Gasteiger partial charge is 0.504 e. The Morgan fingerprint density at radius 3 is 2.30 bits per heavy atom. The lowest BCUT2D eigenvalue weighted by molar-refractivity contribution is 0.0954. The number of carbonyl (C=O) groups excluding carboxylic acids is 1. The second-order valence-electron chi connectivity index (χ2n) is 4.52. The molecule has 0 atom stereocenters. The quantitative estimate of drug-likeness (QED) is 0.577. The van der Waals surface area contributed by atoms with Crippen molar-refractivity contribution in [2.45, 2.75) is 0 Å². The van der Waals surface area contributed by atoms with E-state index in [1.165, 1.54) is 44.7 Å². The van der Waals surface area contributed by atoms with E-state index in [9.17, 15) is 15.0 Å². The van der Waals surface area contributed by atoms with Gasteiger partial charge in [0.05, 0.1) is 20.4 Å². The Morgan fingerprint density at radius 1 is 1.04 bits per heavy atom. The van der Waals surface area contributed by atoms with Gasteiger partial charge in [0, 0.05) is 5.56 Å². The number of nitrogens with one attached hydrogen (secondary N) is 1. The molecular weight excluding hydrogens is 300 g/mol. The Labute approximate surface area is 132 Å². The zero-order valence-electron chi connectivity index (χ0n) is 12.6. The molecule has 2 aromatic rings. The lowest BCUT2D eigenvalue weighted by atomic mass is 10.2. The minimum Gasteiger partial charge on any atom is -0.504 e. The average molecular weight is 316 g/mol. The van der Waals surface area contributed by atoms with Gasteiger partial charge in [-0.3, -0.25) is 4.79 Å². The van der Waals surface area contributed by atoms with Crippen LogP contribution in [0.1, 0.15) is 15.9 Å². The number of nitrogens with zero attached hydrogens (tertiary/aromatic N) is 1. The third kappa shape index (κ3) is 3.91. The molecule has 2 aromatic carbocycles. The number of benzene rings is 2. The third-order valence-electron chi connectivity index (χ3n) is 3.03. The van der Waals surface area contributed by atoms with Crippen molar-refractivity contribution in [2.24, 2.45) is 5.10 Å². The number of phenolic OH excluding ortho intramolecular Hbond substituents is 2. The fourth-order valence-electron chi connectivity index (χ4n) is 1.82. The predicted molar refractivity (Wildman–Crippen MR) is 84.4 cm³/mol. The molecule has 0 saturated heterocycles. The van der Waals surface area contributed by atoms with Crippen molar-refractivity contribution >= 4 is 12.1 Å². The number of hydrogen-bond acceptors (Lipinski definition) is 6. The average Bonchev–Trinajstić information content (AvgIpc) is 2.56. The second kappa shape index (κ2) is 7.17. The first-order valence-corrected chi connectivity index (χ1v) is 6.62. The van der Waals surface area contributed by atoms with Crippen LogP contribution in [0.4, 0.5) is 0 Å². The normalized spacial score (nSPS) is 10.5. The summed E-state index contributed by atoms with van der Waals surface area (Å²) in [5.74, 6) is 0.0207. The highest BCUT2D eigenvalue weighted by atomic mass is 16.5. The maximum absolute atomic E-state index is 12.0. The Balaban J connectivity index is 2.06. The van der Waals surface area contributed by atoms with Crippen LogP contribution in [0.2, 0.25) is 0 Å². The van der Waals surface area contributed by atoms with Crippen LogP contribution in [0.3, 0.4) is 0 Å². The number of rotatable bonds is 5. The van der Waals surface area contributed by atoms with E-state index in [2.05, 4.69) is 10.5 Å². The van der Waals surface area contributed by atoms with Crippen LogP contribution in [0.25, 0.3) is 0 Å². The van der Waals surface area contributed by atoms with Gasteiger partial charge in [0.1, 0.15) is 0 Å². The maximum Gasteiger partial charge on any atom is 0.271 e. The monoisotopic (exact) mass is 316 g/mol. The van der Waals surface area contributed by atoms with Gasteiger partial charge in [-0.25, -0.2) is 5.43 Å². The molecule has 0 spiro atoms. The lowest BCUT2D eigenvalue weighted by Gasteiger charge is -2.05. The van der Waals surface area contributed by atoms with Crippen LogP contribution in [0, 0.1) is 0 Å². The number of phenols is 2. The SMILES string of the molecule is COc1cc(/C=N\NC(=O)c2ccc(O)c(OC)c2)ccc1O. The van der Waals surface area contributed by atoms with Crippen molar-refractivity contribution < 1.29 is 24.5 Å². The summed E-state index contributed by atoms with van der Waals surface area (Å²) >= 11 is 0. The molecule has 7 nitrogen and oxygen atoms in total. The molecule has 0 aliphatic carbocycles. The molecule has 0 saturated carbocycles. The van der Waals surface area contributed by atoms with Gasteiger partial charge < -0.3 is 19.7 Å². The van der Waals surface area contributed by atoms with E-state index >= 15 is 0 Å². The number of methoxy groups -OCH3 is 2. The summed E-state index contributed by atoms with van der Waals surface area (Å²) in [6.45, 7) is 0. The number of hydrazone groups is 1. The summed E-state index contributed by atoms with van der Waals surface area (Å²) < 4.78 is 9.92. The first-order chi connectivity index (χ1) is 11.0. The number of ether oxygens (including phenoxy) is 2. The summed E-state index contributed by atoms with van der Waals surface area (Å²) in [5.41, 5.74) is 3.29. The molecule has 0 radical (unpaired) electrons. The lowest BCUT2D eigenvalue weighted by Crippen LogP contribution is -2.17. The number of amides is 1. The molecule has 0 aliphatic heterocycles. The molecule has 0 aliphatic rings. The molecule has 120 valence electrons. The fourth-order valence-corrected chi connectivity index (χ4v) is 1.82. The summed E-state index contributed by atoms with van der Waals surface area (Å²) in [7, 11) is 2.84. The van der Waals surface area contributed by atoms with E-state index < -0.39 is 5.91 Å². The zero-order chi connectivity index (χ0) is 16.8. The van der Waals surface area contributed by atoms with Crippen molar-refractivity contribution in [1.82, 2.24) is 5.43 Å². The molecule has 7 heteroatoms. The Kier molecular flexibility index (Phi) is 5.03. The summed E-state index contributed by atoms with van der Waals surface area (Å²) in [4.78, 5) is 12.0. The van der Waals surface area contributed by atoms with Crippen molar-refractivity contribution in [3.05, 3.63) is 47.5 Å². The van der Waals surface area contributed by atoms with E-state index in [4.69, 9.17) is 9.47 Å². The molecule has 0 bridgehead atoms. The first kappa shape index (κ1) is 16.2. The number of hydrogen-bond donors (Lipinski definition) is 3. The fraction of sp³-hybridized carbons (Fsp3) is 0.125. The van der Waals surface area contributed by atoms with Crippen molar-refractivity contribution in [3.63, 3.8) is 0 Å². The van der Waals surface area contributed by atoms with Gasteiger partial charge in [-0.1, -0.05) is 0 Å². The van der Waals surface area contributed by atoms with Crippen LogP contribution in [-0.2, 0) is 0 Å². The second-order valence-corrected chi connectivity index (χ2v) is 4.52. The van der Waals surface area contributed by atoms with Gasteiger partial charge in [-0.15, -0.1) is 0 Å². The van der Waals surface area contributed by atoms with Gasteiger partial charge in [0.15, 0.2) is 23.0 Å². The van der Waals surface area contributed by atoms with Crippen LogP contribution < -0.4 is 14.9 Å². The molecular formula is C16H16N2O5. The highest BCUT2D eigenvalue weighted by molar-refractivity contribution is 5.95. The molecule has 2 rings (SSSR count). The van der Waals surface area contributed by atoms with Crippen LogP contribution in [0.5, 0.6) is 23.0 Å². The molecule has 3 N–H and O–H groups in total. The molecule has 0 fully saturated rings. The van der Waals surface area contributed by atoms with E-state index in [1.54, 1.807) is 12.1 Å². The molecule has 1 amide bonds. The van der Waals surface area contributed by atoms with Crippen LogP contribution in [-0.4, -0.2) is 36.6 Å². The molecule has 0 heterocycles. The third-order valence-corrected chi connectivity index (χ3v) is 3.03. The topological polar surface area (TPSA) is 100 Å². The summed E-state index contributed by atoms with van der Waals surface area (Å²) in [6, 6.07) is 8.89. The van der Waals surface area contributed by atoms with Gasteiger partial charge in [-0.2, -0.15) is 5.10 Å². The predicted octanol–water partition coefficient (Wildman–Crippen LogP) is 1.88. The molecule has 0 unspecified atom stereocenters.